The van der Waals surface area contributed by atoms with Gasteiger partial charge < -0.3 is 14.2 Å². The molecule has 0 spiro atoms. The van der Waals surface area contributed by atoms with Gasteiger partial charge in [-0.3, -0.25) is 14.6 Å². The fourth-order valence-corrected chi connectivity index (χ4v) is 2.35. The third-order valence-electron chi connectivity index (χ3n) is 3.62. The molecule has 0 bridgehead atoms. The molecule has 1 aromatic carbocycles. The molecule has 0 aliphatic heterocycles. The molecule has 1 aromatic heterocycles. The third-order valence-corrected chi connectivity index (χ3v) is 3.62. The third kappa shape index (κ3) is 6.02. The molecule has 0 unspecified atom stereocenters. The lowest BCUT2D eigenvalue weighted by Gasteiger charge is -2.16. The van der Waals surface area contributed by atoms with Crippen LogP contribution in [0, 0.1) is 0 Å². The predicted octanol–water partition coefficient (Wildman–Crippen LogP) is 2.29. The quantitative estimate of drug-likeness (QED) is 0.655. The van der Waals surface area contributed by atoms with E-state index in [0.717, 1.165) is 17.0 Å². The first-order valence-corrected chi connectivity index (χ1v) is 8.31. The zero-order valence-corrected chi connectivity index (χ0v) is 15.2. The molecule has 1 amide bonds. The number of carbonyl (C=O) groups is 1. The summed E-state index contributed by atoms with van der Waals surface area (Å²) < 4.78 is 16.4. The largest absolute Gasteiger partial charge is 0.497 e. The van der Waals surface area contributed by atoms with Gasteiger partial charge in [0.25, 0.3) is 5.91 Å². The van der Waals surface area contributed by atoms with Crippen LogP contribution in [0.3, 0.4) is 0 Å². The van der Waals surface area contributed by atoms with Crippen molar-refractivity contribution in [1.82, 2.24) is 10.5 Å². The summed E-state index contributed by atoms with van der Waals surface area (Å²) in [6.07, 6.45) is 1.52. The monoisotopic (exact) mass is 360 g/mol. The van der Waals surface area contributed by atoms with E-state index in [2.05, 4.69) is 15.3 Å². The first-order valence-electron chi connectivity index (χ1n) is 8.31. The molecule has 26 heavy (non-hydrogen) atoms. The summed E-state index contributed by atoms with van der Waals surface area (Å²) in [6.45, 7) is 2.63. The molecule has 0 aliphatic carbocycles. The highest BCUT2D eigenvalue weighted by Crippen LogP contribution is 2.17. The first kappa shape index (κ1) is 19.7. The van der Waals surface area contributed by atoms with Crippen molar-refractivity contribution in [2.75, 3.05) is 20.8 Å². The Hall–Kier alpha value is -2.64. The SMILES string of the molecule is CCO[C@@H](Cc1ccc(OCc2cc(OC)ccn2)cc1)C(=O)NOC. The van der Waals surface area contributed by atoms with Crippen LogP contribution in [0.2, 0.25) is 0 Å². The Morgan fingerprint density at radius 2 is 1.92 bits per heavy atom. The van der Waals surface area contributed by atoms with Crippen molar-refractivity contribution in [3.63, 3.8) is 0 Å². The van der Waals surface area contributed by atoms with Crippen molar-refractivity contribution in [2.24, 2.45) is 0 Å². The molecule has 1 N–H and O–H groups in total. The Morgan fingerprint density at radius 1 is 1.15 bits per heavy atom. The van der Waals surface area contributed by atoms with Gasteiger partial charge in [-0.1, -0.05) is 12.1 Å². The maximum Gasteiger partial charge on any atom is 0.272 e. The van der Waals surface area contributed by atoms with E-state index in [9.17, 15) is 4.79 Å². The van der Waals surface area contributed by atoms with Crippen molar-refractivity contribution in [3.8, 4) is 11.5 Å². The molecule has 0 radical (unpaired) electrons. The van der Waals surface area contributed by atoms with Crippen molar-refractivity contribution in [1.29, 1.82) is 0 Å². The summed E-state index contributed by atoms with van der Waals surface area (Å²) in [7, 11) is 3.01. The van der Waals surface area contributed by atoms with Crippen molar-refractivity contribution < 1.29 is 23.8 Å². The minimum atomic E-state index is -0.604. The Morgan fingerprint density at radius 3 is 2.58 bits per heavy atom. The molecule has 1 atom stereocenters. The number of pyridine rings is 1. The highest BCUT2D eigenvalue weighted by Gasteiger charge is 2.19. The van der Waals surface area contributed by atoms with E-state index in [-0.39, 0.29) is 5.91 Å². The number of aromatic nitrogens is 1. The van der Waals surface area contributed by atoms with Gasteiger partial charge in [0, 0.05) is 25.3 Å². The van der Waals surface area contributed by atoms with E-state index < -0.39 is 6.10 Å². The molecule has 1 heterocycles. The van der Waals surface area contributed by atoms with Crippen LogP contribution in [0.1, 0.15) is 18.2 Å². The van der Waals surface area contributed by atoms with Crippen LogP contribution in [0.15, 0.2) is 42.6 Å². The van der Waals surface area contributed by atoms with E-state index in [4.69, 9.17) is 14.2 Å². The molecular formula is C19H24N2O5. The molecular weight excluding hydrogens is 336 g/mol. The number of ether oxygens (including phenoxy) is 3. The number of benzene rings is 1. The second-order valence-electron chi connectivity index (χ2n) is 5.44. The molecule has 0 saturated carbocycles. The number of carbonyl (C=O) groups excluding carboxylic acids is 1. The van der Waals surface area contributed by atoms with Crippen molar-refractivity contribution in [3.05, 3.63) is 53.9 Å². The van der Waals surface area contributed by atoms with Crippen LogP contribution in [0.4, 0.5) is 0 Å². The number of hydroxylamine groups is 1. The zero-order valence-electron chi connectivity index (χ0n) is 15.2. The molecule has 140 valence electrons. The predicted molar refractivity (Wildman–Crippen MR) is 95.8 cm³/mol. The van der Waals surface area contributed by atoms with Gasteiger partial charge in [-0.2, -0.15) is 0 Å². The number of rotatable bonds is 10. The number of nitrogens with one attached hydrogen (secondary N) is 1. The highest BCUT2D eigenvalue weighted by molar-refractivity contribution is 5.80. The van der Waals surface area contributed by atoms with Gasteiger partial charge in [-0.05, 0) is 30.7 Å². The highest BCUT2D eigenvalue weighted by atomic mass is 16.6. The maximum absolute atomic E-state index is 11.9. The van der Waals surface area contributed by atoms with Gasteiger partial charge in [0.2, 0.25) is 0 Å². The van der Waals surface area contributed by atoms with Gasteiger partial charge in [0.15, 0.2) is 0 Å². The second kappa shape index (κ2) is 10.4. The number of nitrogens with zero attached hydrogens (tertiary/aromatic N) is 1. The molecule has 7 nitrogen and oxygen atoms in total. The maximum atomic E-state index is 11.9. The van der Waals surface area contributed by atoms with Crippen LogP contribution < -0.4 is 15.0 Å². The summed E-state index contributed by atoms with van der Waals surface area (Å²) in [6, 6.07) is 11.1. The first-order chi connectivity index (χ1) is 12.7. The number of methoxy groups -OCH3 is 1. The van der Waals surface area contributed by atoms with Crippen LogP contribution in [-0.2, 0) is 27.4 Å². The Balaban J connectivity index is 1.93. The second-order valence-corrected chi connectivity index (χ2v) is 5.44. The molecule has 0 aliphatic rings. The van der Waals surface area contributed by atoms with E-state index >= 15 is 0 Å². The Bertz CT molecular complexity index is 691. The van der Waals surface area contributed by atoms with Crippen molar-refractivity contribution in [2.45, 2.75) is 26.1 Å². The van der Waals surface area contributed by atoms with E-state index in [1.165, 1.54) is 7.11 Å². The van der Waals surface area contributed by atoms with E-state index in [0.29, 0.717) is 25.4 Å². The minimum absolute atomic E-state index is 0.307. The van der Waals surface area contributed by atoms with Gasteiger partial charge in [-0.25, -0.2) is 5.48 Å². The Labute approximate surface area is 153 Å². The van der Waals surface area contributed by atoms with E-state index in [1.54, 1.807) is 19.4 Å². The molecule has 0 saturated heterocycles. The van der Waals surface area contributed by atoms with Crippen LogP contribution in [0.25, 0.3) is 0 Å². The van der Waals surface area contributed by atoms with Crippen LogP contribution in [0.5, 0.6) is 11.5 Å². The Kier molecular flexibility index (Phi) is 7.85. The smallest absolute Gasteiger partial charge is 0.272 e. The molecule has 2 aromatic rings. The average Bonchev–Trinajstić information content (AvgIpc) is 2.67. The summed E-state index contributed by atoms with van der Waals surface area (Å²) >= 11 is 0. The summed E-state index contributed by atoms with van der Waals surface area (Å²) in [5, 5.41) is 0. The number of hydrogen-bond donors (Lipinski definition) is 1. The molecule has 0 fully saturated rings. The van der Waals surface area contributed by atoms with Gasteiger partial charge in [-0.15, -0.1) is 0 Å². The minimum Gasteiger partial charge on any atom is -0.497 e. The lowest BCUT2D eigenvalue weighted by Crippen LogP contribution is -2.37. The van der Waals surface area contributed by atoms with Gasteiger partial charge >= 0.3 is 0 Å². The van der Waals surface area contributed by atoms with Crippen molar-refractivity contribution >= 4 is 5.91 Å². The summed E-state index contributed by atoms with van der Waals surface area (Å²) in [4.78, 5) is 20.8. The number of amides is 1. The van der Waals surface area contributed by atoms with Crippen LogP contribution in [-0.4, -0.2) is 37.8 Å². The van der Waals surface area contributed by atoms with Gasteiger partial charge in [0.05, 0.1) is 19.9 Å². The fraction of sp³-hybridized carbons (Fsp3) is 0.368. The fourth-order valence-electron chi connectivity index (χ4n) is 2.35. The summed E-state index contributed by atoms with van der Waals surface area (Å²) in [5.41, 5.74) is 4.04. The normalized spacial score (nSPS) is 11.7. The average molecular weight is 360 g/mol. The van der Waals surface area contributed by atoms with Gasteiger partial charge in [0.1, 0.15) is 24.2 Å². The van der Waals surface area contributed by atoms with Crippen LogP contribution >= 0.6 is 0 Å². The lowest BCUT2D eigenvalue weighted by molar-refractivity contribution is -0.143. The molecule has 2 rings (SSSR count). The summed E-state index contributed by atoms with van der Waals surface area (Å²) in [5.74, 6) is 1.15. The zero-order chi connectivity index (χ0) is 18.8. The number of hydrogen-bond acceptors (Lipinski definition) is 6. The molecule has 7 heteroatoms. The topological polar surface area (TPSA) is 78.9 Å². The lowest BCUT2D eigenvalue weighted by atomic mass is 10.1. The standard InChI is InChI=1S/C19H24N2O5/c1-4-25-18(19(22)21-24-3)11-14-5-7-16(8-6-14)26-13-15-12-17(23-2)9-10-20-15/h5-10,12,18H,4,11,13H2,1-3H3,(H,21,22)/t18-/m0/s1. The van der Waals surface area contributed by atoms with E-state index in [1.807, 2.05) is 37.3 Å².